The molecule has 0 unspecified atom stereocenters. The number of aromatic carboxylic acids is 1. The Balaban J connectivity index is 0.00000161. The van der Waals surface area contributed by atoms with Gasteiger partial charge in [0.05, 0.1) is 6.20 Å². The van der Waals surface area contributed by atoms with Gasteiger partial charge < -0.3 is 10.2 Å². The predicted octanol–water partition coefficient (Wildman–Crippen LogP) is 3.80. The van der Waals surface area contributed by atoms with E-state index in [1.54, 1.807) is 6.07 Å². The third-order valence-corrected chi connectivity index (χ3v) is 4.40. The molecule has 0 aliphatic heterocycles. The van der Waals surface area contributed by atoms with Crippen molar-refractivity contribution < 1.29 is 15.0 Å². The number of carboxylic acid groups (broad SMARTS) is 1. The van der Waals surface area contributed by atoms with Crippen LogP contribution in [0.2, 0.25) is 0 Å². The number of carbonyl (C=O) groups is 1. The number of aromatic hydroxyl groups is 1. The molecule has 21 heavy (non-hydrogen) atoms. The minimum atomic E-state index is -1.05. The van der Waals surface area contributed by atoms with Gasteiger partial charge in [0.2, 0.25) is 5.13 Å². The largest absolute Gasteiger partial charge is 0.504 e. The van der Waals surface area contributed by atoms with Crippen LogP contribution in [0.15, 0.2) is 40.7 Å². The van der Waals surface area contributed by atoms with E-state index in [-0.39, 0.29) is 45.3 Å². The molecular formula is C12H7N3NaO3S2. The molecule has 3 rings (SSSR count). The summed E-state index contributed by atoms with van der Waals surface area (Å²) in [4.78, 5) is 14.7. The Morgan fingerprint density at radius 3 is 2.62 bits per heavy atom. The van der Waals surface area contributed by atoms with Crippen LogP contribution >= 0.6 is 22.7 Å². The van der Waals surface area contributed by atoms with Crippen molar-refractivity contribution in [2.45, 2.75) is 0 Å². The van der Waals surface area contributed by atoms with Gasteiger partial charge in [-0.15, -0.1) is 21.6 Å². The molecule has 6 nitrogen and oxygen atoms in total. The maximum atomic E-state index is 10.7. The summed E-state index contributed by atoms with van der Waals surface area (Å²) in [7, 11) is 0. The first-order valence-electron chi connectivity index (χ1n) is 5.46. The standard InChI is InChI=1S/C12H7N3O3S2.Na/c16-9-6-3-1-2-4-7(6)19-10(9)14-15-12-13-5-8(20-12)11(17)18;/h1-5,16H,(H,17,18);/b15-14+;. The number of aromatic nitrogens is 1. The van der Waals surface area contributed by atoms with Crippen LogP contribution in [0.3, 0.4) is 0 Å². The molecule has 0 spiro atoms. The van der Waals surface area contributed by atoms with E-state index in [1.807, 2.05) is 18.2 Å². The summed E-state index contributed by atoms with van der Waals surface area (Å²) >= 11 is 2.23. The molecule has 2 N–H and O–H groups in total. The van der Waals surface area contributed by atoms with E-state index in [0.29, 0.717) is 5.00 Å². The zero-order chi connectivity index (χ0) is 14.1. The third-order valence-electron chi connectivity index (χ3n) is 2.48. The fourth-order valence-electron chi connectivity index (χ4n) is 1.58. The average Bonchev–Trinajstić information content (AvgIpc) is 3.03. The molecule has 0 bridgehead atoms. The molecule has 0 fully saturated rings. The van der Waals surface area contributed by atoms with Crippen molar-refractivity contribution in [2.24, 2.45) is 10.2 Å². The van der Waals surface area contributed by atoms with Crippen molar-refractivity contribution in [2.75, 3.05) is 0 Å². The Morgan fingerprint density at radius 2 is 1.95 bits per heavy atom. The summed E-state index contributed by atoms with van der Waals surface area (Å²) in [6, 6.07) is 7.38. The zero-order valence-corrected chi connectivity index (χ0v) is 14.5. The Bertz CT molecular complexity index is 828. The molecule has 9 heteroatoms. The second-order valence-corrected chi connectivity index (χ2v) is 5.80. The van der Waals surface area contributed by atoms with E-state index >= 15 is 0 Å². The number of thiophene rings is 1. The number of hydrogen-bond acceptors (Lipinski definition) is 7. The second-order valence-electron chi connectivity index (χ2n) is 3.76. The predicted molar refractivity (Wildman–Crippen MR) is 82.5 cm³/mol. The minimum Gasteiger partial charge on any atom is -0.504 e. The number of carboxylic acids is 1. The summed E-state index contributed by atoms with van der Waals surface area (Å²) in [5, 5.41) is 27.9. The number of rotatable bonds is 3. The molecule has 0 aliphatic rings. The van der Waals surface area contributed by atoms with Gasteiger partial charge in [-0.3, -0.25) is 0 Å². The van der Waals surface area contributed by atoms with Gasteiger partial charge in [-0.1, -0.05) is 23.5 Å². The van der Waals surface area contributed by atoms with E-state index in [1.165, 1.54) is 17.5 Å². The van der Waals surface area contributed by atoms with Crippen molar-refractivity contribution in [3.05, 3.63) is 35.3 Å². The van der Waals surface area contributed by atoms with Crippen LogP contribution in [-0.4, -0.2) is 50.7 Å². The van der Waals surface area contributed by atoms with E-state index in [0.717, 1.165) is 21.4 Å². The number of azo groups is 1. The van der Waals surface area contributed by atoms with Gasteiger partial charge in [-0.25, -0.2) is 9.78 Å². The van der Waals surface area contributed by atoms with Crippen molar-refractivity contribution in [3.8, 4) is 5.75 Å². The fraction of sp³-hybridized carbons (Fsp3) is 0. The van der Waals surface area contributed by atoms with E-state index in [9.17, 15) is 9.90 Å². The van der Waals surface area contributed by atoms with Gasteiger partial charge >= 0.3 is 5.97 Å². The number of thiazole rings is 1. The fourth-order valence-corrected chi connectivity index (χ4v) is 3.08. The molecule has 2 aromatic heterocycles. The van der Waals surface area contributed by atoms with Crippen LogP contribution in [0.1, 0.15) is 9.67 Å². The average molecular weight is 328 g/mol. The van der Waals surface area contributed by atoms with Gasteiger partial charge in [0, 0.05) is 39.6 Å². The Kier molecular flexibility index (Phi) is 5.07. The van der Waals surface area contributed by atoms with Crippen LogP contribution in [0, 0.1) is 0 Å². The first-order valence-corrected chi connectivity index (χ1v) is 7.10. The molecule has 101 valence electrons. The molecule has 3 aromatic rings. The topological polar surface area (TPSA) is 95.1 Å². The van der Waals surface area contributed by atoms with Crippen LogP contribution in [0.4, 0.5) is 10.1 Å². The summed E-state index contributed by atoms with van der Waals surface area (Å²) in [5.41, 5.74) is 0. The molecule has 0 saturated heterocycles. The summed E-state index contributed by atoms with van der Waals surface area (Å²) < 4.78 is 0.907. The molecule has 1 radical (unpaired) electrons. The smallest absolute Gasteiger partial charge is 0.347 e. The van der Waals surface area contributed by atoms with Crippen molar-refractivity contribution in [1.29, 1.82) is 0 Å². The molecule has 0 amide bonds. The number of fused-ring (bicyclic) bond motifs is 1. The molecule has 1 aromatic carbocycles. The van der Waals surface area contributed by atoms with Gasteiger partial charge in [0.1, 0.15) is 4.88 Å². The second kappa shape index (κ2) is 6.63. The zero-order valence-electron chi connectivity index (χ0n) is 10.8. The normalized spacial score (nSPS) is 10.9. The first kappa shape index (κ1) is 16.1. The summed E-state index contributed by atoms with van der Waals surface area (Å²) in [6.45, 7) is 0. The van der Waals surface area contributed by atoms with E-state index in [2.05, 4.69) is 15.2 Å². The van der Waals surface area contributed by atoms with Gasteiger partial charge in [-0.05, 0) is 12.1 Å². The number of hydrogen-bond donors (Lipinski definition) is 2. The molecule has 0 atom stereocenters. The van der Waals surface area contributed by atoms with Crippen LogP contribution in [0.25, 0.3) is 10.1 Å². The maximum absolute atomic E-state index is 10.7. The monoisotopic (exact) mass is 328 g/mol. The Hall–Kier alpha value is -1.32. The molecule has 2 heterocycles. The first-order chi connectivity index (χ1) is 9.65. The minimum absolute atomic E-state index is 0. The number of benzene rings is 1. The SMILES string of the molecule is O=C(O)c1cnc(/N=N/c2sc3ccccc3c2O)s1.[Na]. The van der Waals surface area contributed by atoms with Gasteiger partial charge in [-0.2, -0.15) is 0 Å². The molecule has 0 saturated carbocycles. The number of nitrogens with zero attached hydrogens (tertiary/aromatic N) is 3. The molecular weight excluding hydrogens is 321 g/mol. The Labute approximate surface area is 149 Å². The van der Waals surface area contributed by atoms with Crippen LogP contribution in [0.5, 0.6) is 5.75 Å². The van der Waals surface area contributed by atoms with Crippen molar-refractivity contribution >= 4 is 78.4 Å². The van der Waals surface area contributed by atoms with Crippen molar-refractivity contribution in [1.82, 2.24) is 4.98 Å². The van der Waals surface area contributed by atoms with Gasteiger partial charge in [0.25, 0.3) is 0 Å². The molecule has 0 aliphatic carbocycles. The maximum Gasteiger partial charge on any atom is 0.347 e. The van der Waals surface area contributed by atoms with E-state index in [4.69, 9.17) is 5.11 Å². The third kappa shape index (κ3) is 3.30. The quantitative estimate of drug-likeness (QED) is 0.565. The Morgan fingerprint density at radius 1 is 1.19 bits per heavy atom. The van der Waals surface area contributed by atoms with Crippen molar-refractivity contribution in [3.63, 3.8) is 0 Å². The summed E-state index contributed by atoms with van der Waals surface area (Å²) in [5.74, 6) is -0.974. The summed E-state index contributed by atoms with van der Waals surface area (Å²) in [6.07, 6.45) is 1.23. The van der Waals surface area contributed by atoms with Gasteiger partial charge in [0.15, 0.2) is 10.8 Å². The van der Waals surface area contributed by atoms with Crippen LogP contribution < -0.4 is 0 Å². The van der Waals surface area contributed by atoms with E-state index < -0.39 is 5.97 Å². The van der Waals surface area contributed by atoms with Crippen LogP contribution in [-0.2, 0) is 0 Å².